The molecule has 0 atom stereocenters. The Morgan fingerprint density at radius 1 is 1.11 bits per heavy atom. The fourth-order valence-corrected chi connectivity index (χ4v) is 5.21. The Morgan fingerprint density at radius 3 is 2.30 bits per heavy atom. The summed E-state index contributed by atoms with van der Waals surface area (Å²) in [5.41, 5.74) is 1.95. The van der Waals surface area contributed by atoms with Crippen LogP contribution in [0.25, 0.3) is 11.1 Å². The maximum Gasteiger partial charge on any atom is 0.219 e. The number of carbonyl (C=O) groups is 1. The highest BCUT2D eigenvalue weighted by atomic mass is 32.2. The molecule has 1 heterocycles. The first-order chi connectivity index (χ1) is 12.8. The summed E-state index contributed by atoms with van der Waals surface area (Å²) in [5.74, 6) is -0.144. The first-order valence-electron chi connectivity index (χ1n) is 9.11. The van der Waals surface area contributed by atoms with Gasteiger partial charge in [0.25, 0.3) is 0 Å². The molecule has 0 aliphatic carbocycles. The van der Waals surface area contributed by atoms with Gasteiger partial charge in [-0.3, -0.25) is 4.79 Å². The summed E-state index contributed by atoms with van der Waals surface area (Å²) in [6.45, 7) is 4.58. The van der Waals surface area contributed by atoms with Gasteiger partial charge in [0.2, 0.25) is 5.91 Å². The third kappa shape index (κ3) is 4.56. The largest absolute Gasteiger partial charge is 0.343 e. The quantitative estimate of drug-likeness (QED) is 0.798. The van der Waals surface area contributed by atoms with Crippen LogP contribution >= 0.6 is 0 Å². The number of rotatable bonds is 4. The molecule has 0 radical (unpaired) electrons. The molecule has 2 aromatic rings. The molecule has 0 N–H and O–H groups in total. The van der Waals surface area contributed by atoms with Crippen LogP contribution in [0.1, 0.15) is 25.3 Å². The van der Waals surface area contributed by atoms with Gasteiger partial charge in [-0.15, -0.1) is 0 Å². The summed E-state index contributed by atoms with van der Waals surface area (Å²) < 4.78 is 39.6. The number of amides is 1. The number of hydrogen-bond acceptors (Lipinski definition) is 3. The molecule has 0 saturated carbocycles. The number of hydrogen-bond donors (Lipinski definition) is 0. The minimum absolute atomic E-state index is 0.0373. The van der Waals surface area contributed by atoms with E-state index in [1.807, 2.05) is 13.0 Å². The summed E-state index contributed by atoms with van der Waals surface area (Å²) in [5, 5.41) is 0. The number of likely N-dealkylation sites (tertiary alicyclic amines) is 1. The van der Waals surface area contributed by atoms with Crippen LogP contribution in [0, 0.1) is 18.7 Å². The monoisotopic (exact) mass is 389 g/mol. The van der Waals surface area contributed by atoms with E-state index in [4.69, 9.17) is 0 Å². The van der Waals surface area contributed by atoms with E-state index in [0.29, 0.717) is 37.1 Å². The molecule has 1 amide bonds. The van der Waals surface area contributed by atoms with Crippen LogP contribution in [0.2, 0.25) is 0 Å². The Labute approximate surface area is 159 Å². The molecule has 4 nitrogen and oxygen atoms in total. The Balaban J connectivity index is 1.71. The van der Waals surface area contributed by atoms with E-state index in [1.54, 1.807) is 35.2 Å². The minimum atomic E-state index is -3.41. The molecule has 27 heavy (non-hydrogen) atoms. The Kier molecular flexibility index (Phi) is 5.65. The number of nitrogens with zero attached hydrogens (tertiary/aromatic N) is 1. The van der Waals surface area contributed by atoms with Crippen molar-refractivity contribution in [2.45, 2.75) is 31.6 Å². The summed E-state index contributed by atoms with van der Waals surface area (Å²) in [7, 11) is -3.41. The van der Waals surface area contributed by atoms with Crippen molar-refractivity contribution in [2.75, 3.05) is 18.8 Å². The van der Waals surface area contributed by atoms with Gasteiger partial charge < -0.3 is 4.90 Å². The van der Waals surface area contributed by atoms with Gasteiger partial charge in [0.1, 0.15) is 5.82 Å². The van der Waals surface area contributed by atoms with E-state index in [1.165, 1.54) is 13.0 Å². The highest BCUT2D eigenvalue weighted by molar-refractivity contribution is 7.91. The molecular formula is C21H24FNO3S. The summed E-state index contributed by atoms with van der Waals surface area (Å²) in [4.78, 5) is 13.4. The smallest absolute Gasteiger partial charge is 0.219 e. The van der Waals surface area contributed by atoms with Crippen molar-refractivity contribution >= 4 is 15.7 Å². The van der Waals surface area contributed by atoms with Crippen molar-refractivity contribution in [3.63, 3.8) is 0 Å². The standard InChI is InChI=1S/C21H24FNO3S/c1-15-3-8-20(21(22)13-15)18-4-6-19(7-5-18)27(25,26)14-17-9-11-23(12-10-17)16(2)24/h3-8,13,17H,9-12,14H2,1-2H3. The highest BCUT2D eigenvalue weighted by Gasteiger charge is 2.26. The van der Waals surface area contributed by atoms with Gasteiger partial charge in [-0.25, -0.2) is 12.8 Å². The maximum absolute atomic E-state index is 14.1. The van der Waals surface area contributed by atoms with Crippen molar-refractivity contribution in [1.82, 2.24) is 4.90 Å². The molecule has 6 heteroatoms. The van der Waals surface area contributed by atoms with E-state index in [9.17, 15) is 17.6 Å². The number of benzene rings is 2. The molecule has 0 aromatic heterocycles. The fraction of sp³-hybridized carbons (Fsp3) is 0.381. The zero-order valence-electron chi connectivity index (χ0n) is 15.6. The van der Waals surface area contributed by atoms with Crippen molar-refractivity contribution in [3.8, 4) is 11.1 Å². The van der Waals surface area contributed by atoms with E-state index < -0.39 is 9.84 Å². The average molecular weight is 389 g/mol. The highest BCUT2D eigenvalue weighted by Crippen LogP contribution is 2.27. The zero-order chi connectivity index (χ0) is 19.6. The van der Waals surface area contributed by atoms with Gasteiger partial charge >= 0.3 is 0 Å². The minimum Gasteiger partial charge on any atom is -0.343 e. The molecule has 1 saturated heterocycles. The van der Waals surface area contributed by atoms with Gasteiger partial charge in [0.05, 0.1) is 10.6 Å². The van der Waals surface area contributed by atoms with E-state index in [2.05, 4.69) is 0 Å². The molecular weight excluding hydrogens is 365 g/mol. The van der Waals surface area contributed by atoms with Crippen molar-refractivity contribution in [1.29, 1.82) is 0 Å². The van der Waals surface area contributed by atoms with E-state index in [0.717, 1.165) is 5.56 Å². The summed E-state index contributed by atoms with van der Waals surface area (Å²) in [6, 6.07) is 11.4. The lowest BCUT2D eigenvalue weighted by Crippen LogP contribution is -2.38. The zero-order valence-corrected chi connectivity index (χ0v) is 16.4. The van der Waals surface area contributed by atoms with Crippen LogP contribution in [0.15, 0.2) is 47.4 Å². The summed E-state index contributed by atoms with van der Waals surface area (Å²) in [6.07, 6.45) is 1.40. The van der Waals surface area contributed by atoms with E-state index >= 15 is 0 Å². The Bertz CT molecular complexity index is 930. The third-order valence-electron chi connectivity index (χ3n) is 5.16. The van der Waals surface area contributed by atoms with Gasteiger partial charge in [0, 0.05) is 25.6 Å². The molecule has 2 aromatic carbocycles. The summed E-state index contributed by atoms with van der Waals surface area (Å²) >= 11 is 0. The van der Waals surface area contributed by atoms with Gasteiger partial charge in [-0.2, -0.15) is 0 Å². The number of sulfone groups is 1. The van der Waals surface area contributed by atoms with Crippen LogP contribution in [-0.4, -0.2) is 38.1 Å². The number of halogens is 1. The number of carbonyl (C=O) groups excluding carboxylic acids is 1. The first kappa shape index (κ1) is 19.5. The van der Waals surface area contributed by atoms with Crippen LogP contribution in [-0.2, 0) is 14.6 Å². The fourth-order valence-electron chi connectivity index (χ4n) is 3.52. The predicted octanol–water partition coefficient (Wildman–Crippen LogP) is 3.83. The van der Waals surface area contributed by atoms with Gasteiger partial charge in [-0.05, 0) is 55.0 Å². The van der Waals surface area contributed by atoms with Crippen molar-refractivity contribution in [2.24, 2.45) is 5.92 Å². The number of piperidine rings is 1. The first-order valence-corrected chi connectivity index (χ1v) is 10.8. The molecule has 1 fully saturated rings. The lowest BCUT2D eigenvalue weighted by atomic mass is 9.99. The topological polar surface area (TPSA) is 54.5 Å². The predicted molar refractivity (Wildman–Crippen MR) is 104 cm³/mol. The van der Waals surface area contributed by atoms with Crippen LogP contribution in [0.5, 0.6) is 0 Å². The molecule has 3 rings (SSSR count). The van der Waals surface area contributed by atoms with Crippen LogP contribution in [0.4, 0.5) is 4.39 Å². The normalized spacial score (nSPS) is 15.7. The van der Waals surface area contributed by atoms with Crippen LogP contribution < -0.4 is 0 Å². The lowest BCUT2D eigenvalue weighted by molar-refractivity contribution is -0.130. The van der Waals surface area contributed by atoms with Crippen molar-refractivity contribution in [3.05, 3.63) is 53.8 Å². The molecule has 0 unspecified atom stereocenters. The molecule has 144 valence electrons. The van der Waals surface area contributed by atoms with E-state index in [-0.39, 0.29) is 28.3 Å². The maximum atomic E-state index is 14.1. The molecule has 1 aliphatic rings. The third-order valence-corrected chi connectivity index (χ3v) is 7.06. The van der Waals surface area contributed by atoms with Gasteiger partial charge in [-0.1, -0.05) is 24.3 Å². The SMILES string of the molecule is CC(=O)N1CCC(CS(=O)(=O)c2ccc(-c3ccc(C)cc3F)cc2)CC1. The Hall–Kier alpha value is -2.21. The molecule has 0 spiro atoms. The molecule has 1 aliphatic heterocycles. The van der Waals surface area contributed by atoms with Crippen LogP contribution in [0.3, 0.4) is 0 Å². The van der Waals surface area contributed by atoms with Gasteiger partial charge in [0.15, 0.2) is 9.84 Å². The lowest BCUT2D eigenvalue weighted by Gasteiger charge is -2.31. The second-order valence-electron chi connectivity index (χ2n) is 7.24. The molecule has 0 bridgehead atoms. The Morgan fingerprint density at radius 2 is 1.74 bits per heavy atom. The average Bonchev–Trinajstić information content (AvgIpc) is 2.62. The number of aryl methyl sites for hydroxylation is 1. The second kappa shape index (κ2) is 7.80. The second-order valence-corrected chi connectivity index (χ2v) is 9.27. The van der Waals surface area contributed by atoms with Crippen molar-refractivity contribution < 1.29 is 17.6 Å².